The molecule has 1 aliphatic heterocycles. The molecule has 1 aliphatic rings. The highest BCUT2D eigenvalue weighted by Crippen LogP contribution is 2.24. The Hall–Kier alpha value is -1.97. The third kappa shape index (κ3) is 4.50. The van der Waals surface area contributed by atoms with Crippen LogP contribution >= 0.6 is 0 Å². The van der Waals surface area contributed by atoms with E-state index in [1.54, 1.807) is 0 Å². The van der Waals surface area contributed by atoms with E-state index >= 15 is 0 Å². The molecule has 0 amide bonds. The van der Waals surface area contributed by atoms with Gasteiger partial charge in [0.1, 0.15) is 18.8 Å². The maximum absolute atomic E-state index is 12.6. The molecule has 0 aromatic carbocycles. The van der Waals surface area contributed by atoms with Gasteiger partial charge in [-0.3, -0.25) is 4.90 Å². The quantitative estimate of drug-likeness (QED) is 0.457. The largest absolute Gasteiger partial charge is 0.710 e. The van der Waals surface area contributed by atoms with Crippen molar-refractivity contribution in [1.29, 1.82) is 0 Å². The van der Waals surface area contributed by atoms with Crippen molar-refractivity contribution in [2.45, 2.75) is 40.0 Å². The van der Waals surface area contributed by atoms with Crippen LogP contribution in [0.1, 0.15) is 38.8 Å². The molecule has 1 aromatic rings. The van der Waals surface area contributed by atoms with Crippen LogP contribution in [0.5, 0.6) is 0 Å². The van der Waals surface area contributed by atoms with E-state index in [4.69, 9.17) is 0 Å². The van der Waals surface area contributed by atoms with Gasteiger partial charge in [-0.2, -0.15) is 0 Å². The number of allylic oxidation sites excluding steroid dienone is 2. The SMILES string of the molecule is CC=CCN(CC=CC)c1cc(N2CCCCC2)cc(C)[n+]1[O-]. The minimum atomic E-state index is 0.738. The predicted molar refractivity (Wildman–Crippen MR) is 98.0 cm³/mol. The first-order chi connectivity index (χ1) is 11.2. The van der Waals surface area contributed by atoms with Gasteiger partial charge in [-0.15, -0.1) is 0 Å². The van der Waals surface area contributed by atoms with Crippen molar-refractivity contribution >= 4 is 11.5 Å². The van der Waals surface area contributed by atoms with Gasteiger partial charge in [0, 0.05) is 24.8 Å². The first kappa shape index (κ1) is 17.4. The monoisotopic (exact) mass is 315 g/mol. The lowest BCUT2D eigenvalue weighted by atomic mass is 10.1. The second kappa shape index (κ2) is 8.61. The van der Waals surface area contributed by atoms with Crippen LogP contribution in [0.2, 0.25) is 0 Å². The molecule has 2 heterocycles. The van der Waals surface area contributed by atoms with E-state index in [0.717, 1.165) is 42.4 Å². The Labute approximate surface area is 140 Å². The molecule has 0 radical (unpaired) electrons. The lowest BCUT2D eigenvalue weighted by Gasteiger charge is -2.30. The molecule has 4 heteroatoms. The summed E-state index contributed by atoms with van der Waals surface area (Å²) in [4.78, 5) is 4.52. The number of pyridine rings is 1. The van der Waals surface area contributed by atoms with Crippen LogP contribution in [-0.2, 0) is 0 Å². The molecule has 0 bridgehead atoms. The zero-order valence-electron chi connectivity index (χ0n) is 14.7. The minimum Gasteiger partial charge on any atom is -0.710 e. The van der Waals surface area contributed by atoms with Crippen molar-refractivity contribution in [2.24, 2.45) is 0 Å². The second-order valence-corrected chi connectivity index (χ2v) is 6.10. The van der Waals surface area contributed by atoms with Crippen LogP contribution < -0.4 is 14.5 Å². The third-order valence-corrected chi connectivity index (χ3v) is 4.33. The van der Waals surface area contributed by atoms with Crippen molar-refractivity contribution in [1.82, 2.24) is 0 Å². The maximum Gasteiger partial charge on any atom is 0.282 e. The molecular formula is C19H29N3O. The summed E-state index contributed by atoms with van der Waals surface area (Å²) in [5.41, 5.74) is 1.93. The molecule has 0 aliphatic carbocycles. The van der Waals surface area contributed by atoms with E-state index < -0.39 is 0 Å². The van der Waals surface area contributed by atoms with Gasteiger partial charge < -0.3 is 10.1 Å². The minimum absolute atomic E-state index is 0.738. The van der Waals surface area contributed by atoms with Crippen molar-refractivity contribution < 1.29 is 4.73 Å². The fraction of sp³-hybridized carbons (Fsp3) is 0.526. The van der Waals surface area contributed by atoms with Crippen LogP contribution in [0.25, 0.3) is 0 Å². The van der Waals surface area contributed by atoms with Gasteiger partial charge in [0.25, 0.3) is 5.82 Å². The third-order valence-electron chi connectivity index (χ3n) is 4.33. The predicted octanol–water partition coefficient (Wildman–Crippen LogP) is 3.58. The molecule has 23 heavy (non-hydrogen) atoms. The van der Waals surface area contributed by atoms with E-state index in [9.17, 15) is 5.21 Å². The van der Waals surface area contributed by atoms with Crippen molar-refractivity contribution in [2.75, 3.05) is 36.0 Å². The molecule has 0 spiro atoms. The summed E-state index contributed by atoms with van der Waals surface area (Å²) in [6.07, 6.45) is 12.0. The van der Waals surface area contributed by atoms with Gasteiger partial charge in [-0.1, -0.05) is 12.2 Å². The van der Waals surface area contributed by atoms with Crippen LogP contribution in [0.3, 0.4) is 0 Å². The second-order valence-electron chi connectivity index (χ2n) is 6.10. The van der Waals surface area contributed by atoms with Gasteiger partial charge in [0.2, 0.25) is 0 Å². The maximum atomic E-state index is 12.6. The highest BCUT2D eigenvalue weighted by molar-refractivity contribution is 5.54. The number of hydrogen-bond donors (Lipinski definition) is 0. The Morgan fingerprint density at radius 3 is 2.26 bits per heavy atom. The average Bonchev–Trinajstić information content (AvgIpc) is 2.58. The number of hydrogen-bond acceptors (Lipinski definition) is 3. The summed E-state index contributed by atoms with van der Waals surface area (Å²) in [5, 5.41) is 12.6. The molecule has 1 saturated heterocycles. The average molecular weight is 315 g/mol. The fourth-order valence-electron chi connectivity index (χ4n) is 2.97. The number of aromatic nitrogens is 1. The molecule has 126 valence electrons. The first-order valence-electron chi connectivity index (χ1n) is 8.63. The molecule has 2 rings (SSSR count). The van der Waals surface area contributed by atoms with E-state index in [-0.39, 0.29) is 0 Å². The zero-order valence-corrected chi connectivity index (χ0v) is 14.7. The Morgan fingerprint density at radius 1 is 1.09 bits per heavy atom. The van der Waals surface area contributed by atoms with E-state index in [0.29, 0.717) is 0 Å². The molecular weight excluding hydrogens is 286 g/mol. The smallest absolute Gasteiger partial charge is 0.282 e. The first-order valence-corrected chi connectivity index (χ1v) is 8.63. The zero-order chi connectivity index (χ0) is 16.7. The number of nitrogens with zero attached hydrogens (tertiary/aromatic N) is 3. The number of aryl methyl sites for hydroxylation is 1. The Morgan fingerprint density at radius 2 is 1.70 bits per heavy atom. The summed E-state index contributed by atoms with van der Waals surface area (Å²) in [6, 6.07) is 4.07. The number of anilines is 2. The Balaban J connectivity index is 2.34. The molecule has 0 N–H and O–H groups in total. The summed E-state index contributed by atoms with van der Waals surface area (Å²) >= 11 is 0. The topological polar surface area (TPSA) is 33.4 Å². The Kier molecular flexibility index (Phi) is 6.51. The highest BCUT2D eigenvalue weighted by atomic mass is 16.5. The summed E-state index contributed by atoms with van der Waals surface area (Å²) < 4.78 is 1.06. The van der Waals surface area contributed by atoms with Gasteiger partial charge in [0.05, 0.1) is 6.07 Å². The van der Waals surface area contributed by atoms with E-state index in [1.165, 1.54) is 24.9 Å². The molecule has 0 unspecified atom stereocenters. The van der Waals surface area contributed by atoms with Crippen LogP contribution in [0.4, 0.5) is 11.5 Å². The van der Waals surface area contributed by atoms with Gasteiger partial charge in [0.15, 0.2) is 0 Å². The molecule has 4 nitrogen and oxygen atoms in total. The van der Waals surface area contributed by atoms with Crippen molar-refractivity contribution in [3.63, 3.8) is 0 Å². The van der Waals surface area contributed by atoms with E-state index in [2.05, 4.69) is 28.0 Å². The number of rotatable bonds is 6. The number of piperidine rings is 1. The van der Waals surface area contributed by atoms with Crippen molar-refractivity contribution in [3.05, 3.63) is 47.3 Å². The normalized spacial score (nSPS) is 15.7. The molecule has 1 fully saturated rings. The van der Waals surface area contributed by atoms with Crippen LogP contribution in [0.15, 0.2) is 36.4 Å². The summed E-state index contributed by atoms with van der Waals surface area (Å²) in [6.45, 7) is 9.57. The van der Waals surface area contributed by atoms with Gasteiger partial charge in [-0.25, -0.2) is 4.73 Å². The van der Waals surface area contributed by atoms with Crippen molar-refractivity contribution in [3.8, 4) is 0 Å². The molecule has 1 aromatic heterocycles. The molecule has 0 atom stereocenters. The van der Waals surface area contributed by atoms with E-state index in [1.807, 2.05) is 39.0 Å². The lowest BCUT2D eigenvalue weighted by molar-refractivity contribution is -0.599. The van der Waals surface area contributed by atoms with Crippen LogP contribution in [-0.4, -0.2) is 26.2 Å². The van der Waals surface area contributed by atoms with Crippen LogP contribution in [0, 0.1) is 12.1 Å². The summed E-state index contributed by atoms with van der Waals surface area (Å²) in [7, 11) is 0. The highest BCUT2D eigenvalue weighted by Gasteiger charge is 2.20. The van der Waals surface area contributed by atoms with Gasteiger partial charge >= 0.3 is 0 Å². The summed E-state index contributed by atoms with van der Waals surface area (Å²) in [5.74, 6) is 0.738. The lowest BCUT2D eigenvalue weighted by Crippen LogP contribution is -2.41. The fourth-order valence-corrected chi connectivity index (χ4v) is 2.97. The van der Waals surface area contributed by atoms with Gasteiger partial charge in [-0.05, 0) is 52.2 Å². The standard InChI is InChI=1S/C19H29N3O/c1-4-6-11-21(12-7-5-2)19-16-18(15-17(3)22(19)23)20-13-9-8-10-14-20/h4-7,15-16H,8-14H2,1-3H3. The Bertz CT molecular complexity index is 546. The molecule has 0 saturated carbocycles.